The zero-order valence-corrected chi connectivity index (χ0v) is 23.8. The summed E-state index contributed by atoms with van der Waals surface area (Å²) in [6.45, 7) is 5.78. The van der Waals surface area contributed by atoms with Crippen LogP contribution in [0, 0.1) is 5.92 Å². The van der Waals surface area contributed by atoms with Crippen LogP contribution in [0.5, 0.6) is 0 Å². The molecule has 1 saturated heterocycles. The van der Waals surface area contributed by atoms with Gasteiger partial charge in [-0.3, -0.25) is 24.1 Å². The average molecular weight is 561 g/mol. The van der Waals surface area contributed by atoms with Crippen molar-refractivity contribution in [3.63, 3.8) is 0 Å². The third kappa shape index (κ3) is 8.49. The van der Waals surface area contributed by atoms with E-state index in [1.54, 1.807) is 0 Å². The minimum Gasteiger partial charge on any atom is -0.459 e. The third-order valence-electron chi connectivity index (χ3n) is 7.12. The first-order chi connectivity index (χ1) is 18.3. The molecule has 2 aromatic carbocycles. The molecule has 0 aliphatic carbocycles. The molecule has 0 saturated carbocycles. The zero-order valence-electron chi connectivity index (χ0n) is 23.0. The van der Waals surface area contributed by atoms with Crippen molar-refractivity contribution in [1.82, 2.24) is 15.5 Å². The molecule has 2 aromatic rings. The molecule has 1 aliphatic rings. The maximum Gasteiger partial charge on any atom is 0.303 e. The van der Waals surface area contributed by atoms with Gasteiger partial charge in [-0.25, -0.2) is 0 Å². The van der Waals surface area contributed by atoms with Gasteiger partial charge in [-0.15, -0.1) is 12.4 Å². The van der Waals surface area contributed by atoms with Crippen LogP contribution in [0.15, 0.2) is 42.5 Å². The van der Waals surface area contributed by atoms with Gasteiger partial charge in [-0.2, -0.15) is 0 Å². The van der Waals surface area contributed by atoms with Crippen LogP contribution >= 0.6 is 12.4 Å². The highest BCUT2D eigenvalue weighted by Gasteiger charge is 2.40. The van der Waals surface area contributed by atoms with Crippen LogP contribution in [-0.4, -0.2) is 66.4 Å². The fourth-order valence-corrected chi connectivity index (χ4v) is 4.94. The number of hydrogen-bond donors (Lipinski definition) is 3. The lowest BCUT2D eigenvalue weighted by atomic mass is 9.96. The molecule has 1 aliphatic heterocycles. The first-order valence-corrected chi connectivity index (χ1v) is 13.5. The number of hydrogen-bond acceptors (Lipinski definition) is 7. The van der Waals surface area contributed by atoms with Gasteiger partial charge in [0, 0.05) is 25.8 Å². The van der Waals surface area contributed by atoms with Crippen LogP contribution in [0.3, 0.4) is 0 Å². The normalized spacial score (nSPS) is 16.3. The number of imide groups is 1. The lowest BCUT2D eigenvalue weighted by molar-refractivity contribution is -0.155. The quantitative estimate of drug-likeness (QED) is 0.340. The summed E-state index contributed by atoms with van der Waals surface area (Å²) < 4.78 is 5.17. The summed E-state index contributed by atoms with van der Waals surface area (Å²) in [7, 11) is 0. The van der Waals surface area contributed by atoms with E-state index in [9.17, 15) is 19.2 Å². The second-order valence-corrected chi connectivity index (χ2v) is 9.82. The van der Waals surface area contributed by atoms with Crippen molar-refractivity contribution in [2.45, 2.75) is 71.1 Å². The molecule has 1 unspecified atom stereocenters. The highest BCUT2D eigenvalue weighted by atomic mass is 35.5. The predicted molar refractivity (Wildman–Crippen MR) is 153 cm³/mol. The molecule has 10 heteroatoms. The Hall–Kier alpha value is -3.01. The summed E-state index contributed by atoms with van der Waals surface area (Å²) in [6.07, 6.45) is 1.99. The lowest BCUT2D eigenvalue weighted by Gasteiger charge is -2.34. The molecule has 214 valence electrons. The van der Waals surface area contributed by atoms with Crippen molar-refractivity contribution in [2.24, 2.45) is 11.7 Å². The zero-order chi connectivity index (χ0) is 27.7. The molecule has 0 bridgehead atoms. The van der Waals surface area contributed by atoms with Gasteiger partial charge in [0.1, 0.15) is 12.1 Å². The highest BCUT2D eigenvalue weighted by molar-refractivity contribution is 6.03. The van der Waals surface area contributed by atoms with E-state index in [0.717, 1.165) is 22.8 Å². The fourth-order valence-electron chi connectivity index (χ4n) is 4.94. The molecule has 9 nitrogen and oxygen atoms in total. The Morgan fingerprint density at radius 2 is 1.79 bits per heavy atom. The lowest BCUT2D eigenvalue weighted by Crippen LogP contribution is -2.59. The van der Waals surface area contributed by atoms with Crippen LogP contribution in [0.1, 0.15) is 52.0 Å². The number of nitrogens with one attached hydrogen (secondary N) is 2. The van der Waals surface area contributed by atoms with Gasteiger partial charge in [0.2, 0.25) is 17.7 Å². The van der Waals surface area contributed by atoms with Crippen LogP contribution in [0.25, 0.3) is 10.8 Å². The standard InChI is InChI=1S/C29H40N4O5.ClH/c1-4-21(5-2)28(36)33(29(37)25-11-8-14-31-25)26(27(35)32-18-24(17-30)38-19(3)34)16-20-12-13-22-9-6-7-10-23(22)15-20;/h6-7,9-10,12-13,15,21,24-26,31H,4-5,8,11,14,16-18,30H2,1-3H3,(H,32,35);1H/t24?,25-,26+;/m0./s1. The number of carbonyl (C=O) groups excluding carboxylic acids is 4. The molecule has 4 N–H and O–H groups in total. The molecule has 39 heavy (non-hydrogen) atoms. The first-order valence-electron chi connectivity index (χ1n) is 13.5. The summed E-state index contributed by atoms with van der Waals surface area (Å²) in [5.74, 6) is -2.10. The second kappa shape index (κ2) is 15.5. The largest absolute Gasteiger partial charge is 0.459 e. The smallest absolute Gasteiger partial charge is 0.303 e. The third-order valence-corrected chi connectivity index (χ3v) is 7.12. The number of benzene rings is 2. The van der Waals surface area contributed by atoms with E-state index >= 15 is 0 Å². The Morgan fingerprint density at radius 3 is 2.38 bits per heavy atom. The van der Waals surface area contributed by atoms with Crippen molar-refractivity contribution < 1.29 is 23.9 Å². The Morgan fingerprint density at radius 1 is 1.10 bits per heavy atom. The van der Waals surface area contributed by atoms with Crippen molar-refractivity contribution >= 4 is 46.9 Å². The molecule has 0 aromatic heterocycles. The maximum absolute atomic E-state index is 13.8. The fraction of sp³-hybridized carbons (Fsp3) is 0.517. The SMILES string of the molecule is CCC(CC)C(=O)N(C(=O)[C@@H]1CCCN1)[C@H](Cc1ccc2ccccc2c1)C(=O)NCC(CN)OC(C)=O.Cl. The summed E-state index contributed by atoms with van der Waals surface area (Å²) in [4.78, 5) is 53.9. The van der Waals surface area contributed by atoms with E-state index in [1.165, 1.54) is 11.8 Å². The average Bonchev–Trinajstić information content (AvgIpc) is 3.46. The monoisotopic (exact) mass is 560 g/mol. The van der Waals surface area contributed by atoms with Crippen molar-refractivity contribution in [3.8, 4) is 0 Å². The van der Waals surface area contributed by atoms with Gasteiger partial charge in [0.25, 0.3) is 0 Å². The van der Waals surface area contributed by atoms with Crippen LogP contribution in [0.4, 0.5) is 0 Å². The molecular formula is C29H41ClN4O5. The Kier molecular flexibility index (Phi) is 12.8. The van der Waals surface area contributed by atoms with Gasteiger partial charge in [0.15, 0.2) is 0 Å². The summed E-state index contributed by atoms with van der Waals surface area (Å²) >= 11 is 0. The summed E-state index contributed by atoms with van der Waals surface area (Å²) in [5.41, 5.74) is 6.55. The number of halogens is 1. The summed E-state index contributed by atoms with van der Waals surface area (Å²) in [5, 5.41) is 8.03. The Balaban J connectivity index is 0.00000533. The van der Waals surface area contributed by atoms with Gasteiger partial charge >= 0.3 is 5.97 Å². The van der Waals surface area contributed by atoms with Crippen LogP contribution in [-0.2, 0) is 30.3 Å². The molecule has 3 rings (SSSR count). The minimum absolute atomic E-state index is 0. The van der Waals surface area contributed by atoms with E-state index in [-0.39, 0.29) is 49.6 Å². The maximum atomic E-state index is 13.8. The van der Waals surface area contributed by atoms with E-state index in [4.69, 9.17) is 10.5 Å². The number of fused-ring (bicyclic) bond motifs is 1. The molecule has 1 fully saturated rings. The number of nitrogens with two attached hydrogens (primary N) is 1. The molecule has 3 amide bonds. The molecule has 0 spiro atoms. The van der Waals surface area contributed by atoms with Gasteiger partial charge in [-0.05, 0) is 48.6 Å². The van der Waals surface area contributed by atoms with Crippen molar-refractivity contribution in [1.29, 1.82) is 0 Å². The van der Waals surface area contributed by atoms with E-state index in [2.05, 4.69) is 10.6 Å². The van der Waals surface area contributed by atoms with Crippen molar-refractivity contribution in [3.05, 3.63) is 48.0 Å². The molecule has 0 radical (unpaired) electrons. The highest BCUT2D eigenvalue weighted by Crippen LogP contribution is 2.23. The second-order valence-electron chi connectivity index (χ2n) is 9.82. The van der Waals surface area contributed by atoms with E-state index in [1.807, 2.05) is 56.3 Å². The number of carbonyl (C=O) groups is 4. The van der Waals surface area contributed by atoms with Gasteiger partial charge in [-0.1, -0.05) is 56.3 Å². The first kappa shape index (κ1) is 32.2. The number of amides is 3. The van der Waals surface area contributed by atoms with E-state index < -0.39 is 30.1 Å². The topological polar surface area (TPSA) is 131 Å². The Labute approximate surface area is 236 Å². The number of nitrogens with zero attached hydrogens (tertiary/aromatic N) is 1. The van der Waals surface area contributed by atoms with E-state index in [0.29, 0.717) is 25.8 Å². The number of esters is 1. The van der Waals surface area contributed by atoms with Crippen LogP contribution in [0.2, 0.25) is 0 Å². The number of rotatable bonds is 12. The molecular weight excluding hydrogens is 520 g/mol. The predicted octanol–water partition coefficient (Wildman–Crippen LogP) is 2.72. The number of ether oxygens (including phenoxy) is 1. The Bertz CT molecular complexity index is 1120. The van der Waals surface area contributed by atoms with Gasteiger partial charge in [0.05, 0.1) is 12.6 Å². The van der Waals surface area contributed by atoms with Crippen molar-refractivity contribution in [2.75, 3.05) is 19.6 Å². The molecule has 1 heterocycles. The van der Waals surface area contributed by atoms with Crippen LogP contribution < -0.4 is 16.4 Å². The summed E-state index contributed by atoms with van der Waals surface area (Å²) in [6, 6.07) is 12.2. The minimum atomic E-state index is -1.07. The molecule has 3 atom stereocenters. The van der Waals surface area contributed by atoms with Gasteiger partial charge < -0.3 is 21.1 Å².